The van der Waals surface area contributed by atoms with E-state index in [1.54, 1.807) is 4.90 Å². The first kappa shape index (κ1) is 15.7. The van der Waals surface area contributed by atoms with Gasteiger partial charge in [-0.25, -0.2) is 0 Å². The average Bonchev–Trinajstić information content (AvgIpc) is 2.26. The summed E-state index contributed by atoms with van der Waals surface area (Å²) in [4.78, 5) is 26.2. The number of aliphatic hydroxyl groups is 1. The third-order valence-electron chi connectivity index (χ3n) is 3.79. The summed E-state index contributed by atoms with van der Waals surface area (Å²) in [6.07, 6.45) is 1.53. The summed E-state index contributed by atoms with van der Waals surface area (Å²) in [5.41, 5.74) is -0.264. The Bertz CT molecular complexity index is 410. The number of aliphatic hydroxyl groups excluding tert-OH is 1. The molecule has 0 heterocycles. The van der Waals surface area contributed by atoms with Crippen LogP contribution in [-0.2, 0) is 9.59 Å². The highest BCUT2D eigenvalue weighted by Crippen LogP contribution is 2.36. The number of carbonyl (C=O) groups is 2. The summed E-state index contributed by atoms with van der Waals surface area (Å²) in [5, 5.41) is 10.1. The Hall–Kier alpha value is -1.32. The summed E-state index contributed by atoms with van der Waals surface area (Å²) >= 11 is 0. The van der Waals surface area contributed by atoms with Crippen molar-refractivity contribution >= 4 is 11.7 Å². The first-order valence-corrected chi connectivity index (χ1v) is 6.99. The Morgan fingerprint density at radius 2 is 1.95 bits per heavy atom. The fourth-order valence-corrected chi connectivity index (χ4v) is 2.55. The topological polar surface area (TPSA) is 57.6 Å². The van der Waals surface area contributed by atoms with Crippen LogP contribution < -0.4 is 0 Å². The number of likely N-dealkylation sites (N-methyl/N-ethyl adjacent to an activating group) is 1. The highest BCUT2D eigenvalue weighted by molar-refractivity contribution is 6.20. The quantitative estimate of drug-likeness (QED) is 0.797. The number of carbonyl (C=O) groups excluding carboxylic acids is 2. The number of nitrogens with zero attached hydrogens (tertiary/aromatic N) is 1. The molecule has 0 aliphatic heterocycles. The van der Waals surface area contributed by atoms with Gasteiger partial charge in [0.05, 0.1) is 0 Å². The zero-order valence-corrected chi connectivity index (χ0v) is 12.6. The highest BCUT2D eigenvalue weighted by Gasteiger charge is 2.38. The predicted octanol–water partition coefficient (Wildman–Crippen LogP) is 2.83. The smallest absolute Gasteiger partial charge is 0.261 e. The molecular weight excluding hydrogens is 242 g/mol. The van der Waals surface area contributed by atoms with Crippen LogP contribution >= 0.6 is 0 Å². The molecule has 0 aromatic rings. The number of hydrogen-bond donors (Lipinski definition) is 1. The predicted molar refractivity (Wildman–Crippen MR) is 74.8 cm³/mol. The van der Waals surface area contributed by atoms with Crippen molar-refractivity contribution in [1.82, 2.24) is 4.90 Å². The van der Waals surface area contributed by atoms with Gasteiger partial charge >= 0.3 is 0 Å². The molecule has 0 saturated carbocycles. The van der Waals surface area contributed by atoms with Crippen LogP contribution in [0.3, 0.4) is 0 Å². The molecule has 1 aliphatic rings. The monoisotopic (exact) mass is 267 g/mol. The number of rotatable bonds is 4. The van der Waals surface area contributed by atoms with Gasteiger partial charge in [0.25, 0.3) is 5.91 Å². The maximum atomic E-state index is 12.4. The fraction of sp³-hybridized carbons (Fsp3) is 0.733. The molecule has 4 heteroatoms. The molecule has 19 heavy (non-hydrogen) atoms. The molecule has 0 saturated heterocycles. The average molecular weight is 267 g/mol. The van der Waals surface area contributed by atoms with Crippen LogP contribution in [0.15, 0.2) is 11.3 Å². The van der Waals surface area contributed by atoms with E-state index in [0.29, 0.717) is 19.4 Å². The zero-order chi connectivity index (χ0) is 14.8. The third kappa shape index (κ3) is 3.37. The van der Waals surface area contributed by atoms with E-state index in [0.717, 1.165) is 6.42 Å². The van der Waals surface area contributed by atoms with Crippen LogP contribution in [0.4, 0.5) is 0 Å². The van der Waals surface area contributed by atoms with Crippen molar-refractivity contribution in [2.75, 3.05) is 6.54 Å². The molecule has 1 amide bonds. The second-order valence-corrected chi connectivity index (χ2v) is 6.11. The van der Waals surface area contributed by atoms with E-state index in [9.17, 15) is 14.7 Å². The van der Waals surface area contributed by atoms with Crippen molar-refractivity contribution in [3.8, 4) is 0 Å². The van der Waals surface area contributed by atoms with Gasteiger partial charge in [-0.1, -0.05) is 20.8 Å². The summed E-state index contributed by atoms with van der Waals surface area (Å²) in [5.74, 6) is -0.608. The van der Waals surface area contributed by atoms with Gasteiger partial charge in [-0.05, 0) is 25.7 Å². The standard InChI is InChI=1S/C15H25NO3/c1-6-10(3)16(7-2)14(19)13-11(17)8-15(4,5)9-12(13)18/h10,17H,6-9H2,1-5H3/t10-/m0/s1. The van der Waals surface area contributed by atoms with Crippen LogP contribution in [0.5, 0.6) is 0 Å². The van der Waals surface area contributed by atoms with E-state index in [-0.39, 0.29) is 34.5 Å². The molecular formula is C15H25NO3. The summed E-state index contributed by atoms with van der Waals surface area (Å²) in [6.45, 7) is 10.2. The van der Waals surface area contributed by atoms with Gasteiger partial charge in [-0.2, -0.15) is 0 Å². The Labute approximate surface area is 115 Å². The minimum atomic E-state index is -0.324. The van der Waals surface area contributed by atoms with E-state index < -0.39 is 0 Å². The van der Waals surface area contributed by atoms with Crippen LogP contribution in [0.1, 0.15) is 53.9 Å². The molecule has 0 bridgehead atoms. The lowest BCUT2D eigenvalue weighted by Crippen LogP contribution is -2.42. The van der Waals surface area contributed by atoms with Crippen molar-refractivity contribution in [3.05, 3.63) is 11.3 Å². The van der Waals surface area contributed by atoms with Gasteiger partial charge in [0.1, 0.15) is 11.3 Å². The Morgan fingerprint density at radius 3 is 2.37 bits per heavy atom. The minimum Gasteiger partial charge on any atom is -0.511 e. The lowest BCUT2D eigenvalue weighted by atomic mass is 9.76. The Morgan fingerprint density at radius 1 is 1.37 bits per heavy atom. The second kappa shape index (κ2) is 5.76. The van der Waals surface area contributed by atoms with Crippen LogP contribution in [0.25, 0.3) is 0 Å². The molecule has 0 fully saturated rings. The second-order valence-electron chi connectivity index (χ2n) is 6.11. The van der Waals surface area contributed by atoms with Gasteiger partial charge in [0.15, 0.2) is 5.78 Å². The SMILES string of the molecule is CC[C@H](C)N(CC)C(=O)C1=C(O)CC(C)(C)CC1=O. The lowest BCUT2D eigenvalue weighted by molar-refractivity contribution is -0.132. The number of allylic oxidation sites excluding steroid dienone is 1. The zero-order valence-electron chi connectivity index (χ0n) is 12.6. The van der Waals surface area contributed by atoms with Crippen LogP contribution in [0, 0.1) is 5.41 Å². The van der Waals surface area contributed by atoms with Crippen molar-refractivity contribution < 1.29 is 14.7 Å². The molecule has 4 nitrogen and oxygen atoms in total. The molecule has 1 atom stereocenters. The molecule has 0 spiro atoms. The summed E-state index contributed by atoms with van der Waals surface area (Å²) in [6, 6.07) is 0.0699. The van der Waals surface area contributed by atoms with Gasteiger partial charge in [0, 0.05) is 25.4 Å². The van der Waals surface area contributed by atoms with Crippen molar-refractivity contribution in [2.45, 2.75) is 59.9 Å². The van der Waals surface area contributed by atoms with Gasteiger partial charge in [0.2, 0.25) is 0 Å². The van der Waals surface area contributed by atoms with Crippen molar-refractivity contribution in [1.29, 1.82) is 0 Å². The lowest BCUT2D eigenvalue weighted by Gasteiger charge is -2.33. The van der Waals surface area contributed by atoms with Gasteiger partial charge in [-0.3, -0.25) is 9.59 Å². The number of ketones is 1. The third-order valence-corrected chi connectivity index (χ3v) is 3.79. The highest BCUT2D eigenvalue weighted by atomic mass is 16.3. The molecule has 0 radical (unpaired) electrons. The first-order valence-electron chi connectivity index (χ1n) is 6.99. The summed E-state index contributed by atoms with van der Waals surface area (Å²) < 4.78 is 0. The van der Waals surface area contributed by atoms with E-state index in [1.165, 1.54) is 0 Å². The molecule has 1 aliphatic carbocycles. The number of Topliss-reactive ketones (excluding diaryl/α,β-unsaturated/α-hetero) is 1. The van der Waals surface area contributed by atoms with E-state index in [1.807, 2.05) is 34.6 Å². The van der Waals surface area contributed by atoms with Crippen LogP contribution in [-0.4, -0.2) is 34.3 Å². The van der Waals surface area contributed by atoms with Crippen LogP contribution in [0.2, 0.25) is 0 Å². The fourth-order valence-electron chi connectivity index (χ4n) is 2.55. The van der Waals surface area contributed by atoms with E-state index >= 15 is 0 Å². The normalized spacial score (nSPS) is 20.4. The van der Waals surface area contributed by atoms with Gasteiger partial charge < -0.3 is 10.0 Å². The summed E-state index contributed by atoms with van der Waals surface area (Å²) in [7, 11) is 0. The maximum Gasteiger partial charge on any atom is 0.261 e. The first-order chi connectivity index (χ1) is 8.73. The molecule has 108 valence electrons. The molecule has 1 N–H and O–H groups in total. The molecule has 0 unspecified atom stereocenters. The Kier molecular flexibility index (Phi) is 4.77. The largest absolute Gasteiger partial charge is 0.511 e. The molecule has 0 aromatic heterocycles. The van der Waals surface area contributed by atoms with E-state index in [2.05, 4.69) is 0 Å². The van der Waals surface area contributed by atoms with Gasteiger partial charge in [-0.15, -0.1) is 0 Å². The minimum absolute atomic E-state index is 0.00137. The van der Waals surface area contributed by atoms with E-state index in [4.69, 9.17) is 0 Å². The number of amides is 1. The Balaban J connectivity index is 3.07. The molecule has 1 rings (SSSR count). The molecule has 0 aromatic carbocycles. The number of hydrogen-bond acceptors (Lipinski definition) is 3. The van der Waals surface area contributed by atoms with Crippen molar-refractivity contribution in [3.63, 3.8) is 0 Å². The van der Waals surface area contributed by atoms with Crippen molar-refractivity contribution in [2.24, 2.45) is 5.41 Å². The maximum absolute atomic E-state index is 12.4.